The van der Waals surface area contributed by atoms with Gasteiger partial charge in [-0.05, 0) is 63.0 Å². The lowest BCUT2D eigenvalue weighted by Crippen LogP contribution is -2.52. The maximum atomic E-state index is 12.8. The van der Waals surface area contributed by atoms with Gasteiger partial charge in [-0.1, -0.05) is 52.5 Å². The molecule has 1 heterocycles. The maximum Gasteiger partial charge on any atom is 0.319 e. The van der Waals surface area contributed by atoms with Crippen molar-refractivity contribution in [2.24, 2.45) is 0 Å². The van der Waals surface area contributed by atoms with Crippen LogP contribution in [0.25, 0.3) is 0 Å². The van der Waals surface area contributed by atoms with E-state index < -0.39 is 6.03 Å². The van der Waals surface area contributed by atoms with Crippen LogP contribution in [0.3, 0.4) is 0 Å². The van der Waals surface area contributed by atoms with Crippen molar-refractivity contribution in [2.45, 2.75) is 43.2 Å². The highest BCUT2D eigenvalue weighted by Gasteiger charge is 2.50. The molecule has 2 amide bonds. The molecule has 34 heavy (non-hydrogen) atoms. The van der Waals surface area contributed by atoms with E-state index in [2.05, 4.69) is 34.7 Å². The van der Waals surface area contributed by atoms with E-state index in [4.69, 9.17) is 55.9 Å². The Hall–Kier alpha value is -1.57. The van der Waals surface area contributed by atoms with Gasteiger partial charge in [-0.25, -0.2) is 4.79 Å². The molecule has 2 N–H and O–H groups in total. The van der Waals surface area contributed by atoms with Crippen LogP contribution >= 0.6 is 46.4 Å². The van der Waals surface area contributed by atoms with Gasteiger partial charge in [-0.3, -0.25) is 0 Å². The fourth-order valence-corrected chi connectivity index (χ4v) is 6.32. The zero-order valence-electron chi connectivity index (χ0n) is 19.2. The van der Waals surface area contributed by atoms with Crippen LogP contribution < -0.4 is 20.1 Å². The average Bonchev–Trinajstić information content (AvgIpc) is 3.17. The Balaban J connectivity index is 1.50. The number of anilines is 1. The molecule has 3 atom stereocenters. The summed E-state index contributed by atoms with van der Waals surface area (Å²) in [5, 5.41) is 6.54. The second-order valence-electron chi connectivity index (χ2n) is 8.89. The summed E-state index contributed by atoms with van der Waals surface area (Å²) in [5.41, 5.74) is 1.44. The molecule has 2 aromatic carbocycles. The van der Waals surface area contributed by atoms with Crippen molar-refractivity contribution in [3.05, 3.63) is 49.9 Å². The van der Waals surface area contributed by atoms with Gasteiger partial charge in [0.15, 0.2) is 11.5 Å². The minimum atomic E-state index is -0.397. The molecule has 2 aromatic rings. The number of halogens is 4. The minimum Gasteiger partial charge on any atom is -0.493 e. The van der Waals surface area contributed by atoms with Crippen LogP contribution in [0.15, 0.2) is 24.3 Å². The van der Waals surface area contributed by atoms with Crippen molar-refractivity contribution in [1.82, 2.24) is 10.2 Å². The average molecular weight is 547 g/mol. The van der Waals surface area contributed by atoms with Gasteiger partial charge in [-0.2, -0.15) is 0 Å². The molecule has 2 fully saturated rings. The topological polar surface area (TPSA) is 62.8 Å². The largest absolute Gasteiger partial charge is 0.493 e. The Morgan fingerprint density at radius 1 is 1.03 bits per heavy atom. The number of fused-ring (bicyclic) bond motifs is 1. The molecular formula is C24H27Cl4N3O3. The van der Waals surface area contributed by atoms with E-state index >= 15 is 0 Å². The number of amides is 2. The Kier molecular flexibility index (Phi) is 7.65. The highest BCUT2D eigenvalue weighted by molar-refractivity contribution is 6.50. The molecule has 0 aromatic heterocycles. The fraction of sp³-hybridized carbons (Fsp3) is 0.458. The molecule has 0 spiro atoms. The summed E-state index contributed by atoms with van der Waals surface area (Å²) in [4.78, 5) is 15.2. The molecule has 10 heteroatoms. The van der Waals surface area contributed by atoms with Gasteiger partial charge in [0.05, 0.1) is 40.0 Å². The first-order valence-corrected chi connectivity index (χ1v) is 12.5. The predicted molar refractivity (Wildman–Crippen MR) is 139 cm³/mol. The number of rotatable bonds is 5. The minimum absolute atomic E-state index is 0.00391. The number of carbonyl (C=O) groups is 1. The van der Waals surface area contributed by atoms with Gasteiger partial charge in [0.2, 0.25) is 0 Å². The monoisotopic (exact) mass is 545 g/mol. The lowest BCUT2D eigenvalue weighted by Gasteiger charge is -2.45. The molecule has 0 radical (unpaired) electrons. The molecule has 1 aliphatic carbocycles. The van der Waals surface area contributed by atoms with Crippen molar-refractivity contribution < 1.29 is 14.3 Å². The van der Waals surface area contributed by atoms with E-state index in [1.165, 1.54) is 11.6 Å². The van der Waals surface area contributed by atoms with E-state index in [-0.39, 0.29) is 43.3 Å². The van der Waals surface area contributed by atoms with E-state index in [1.54, 1.807) is 14.2 Å². The molecule has 4 rings (SSSR count). The molecule has 1 saturated heterocycles. The zero-order chi connectivity index (χ0) is 24.6. The van der Waals surface area contributed by atoms with Crippen LogP contribution in [0.2, 0.25) is 20.1 Å². The number of likely N-dealkylation sites (tertiary alicyclic amines) is 1. The summed E-state index contributed by atoms with van der Waals surface area (Å²) in [6.45, 7) is 0.990. The van der Waals surface area contributed by atoms with Gasteiger partial charge in [0.1, 0.15) is 0 Å². The fourth-order valence-electron chi connectivity index (χ4n) is 5.41. The first kappa shape index (κ1) is 25.5. The van der Waals surface area contributed by atoms with E-state index in [1.807, 2.05) is 6.07 Å². The second-order valence-corrected chi connectivity index (χ2v) is 10.5. The second kappa shape index (κ2) is 10.2. The van der Waals surface area contributed by atoms with Gasteiger partial charge >= 0.3 is 6.03 Å². The summed E-state index contributed by atoms with van der Waals surface area (Å²) in [7, 11) is 5.44. The van der Waals surface area contributed by atoms with Gasteiger partial charge in [-0.15, -0.1) is 0 Å². The summed E-state index contributed by atoms with van der Waals surface area (Å²) >= 11 is 24.7. The number of methoxy groups -OCH3 is 2. The van der Waals surface area contributed by atoms with Gasteiger partial charge in [0.25, 0.3) is 0 Å². The van der Waals surface area contributed by atoms with Crippen LogP contribution in [0, 0.1) is 0 Å². The third-order valence-corrected chi connectivity index (χ3v) is 8.75. The number of nitrogens with one attached hydrogen (secondary N) is 2. The van der Waals surface area contributed by atoms with Gasteiger partial charge < -0.3 is 25.0 Å². The summed E-state index contributed by atoms with van der Waals surface area (Å²) in [5.74, 6) is 1.45. The normalized spacial score (nSPS) is 24.4. The lowest BCUT2D eigenvalue weighted by molar-refractivity contribution is 0.156. The molecule has 6 nitrogen and oxygen atoms in total. The molecule has 0 bridgehead atoms. The summed E-state index contributed by atoms with van der Waals surface area (Å²) in [6.07, 6.45) is 3.64. The van der Waals surface area contributed by atoms with Crippen LogP contribution in [0.1, 0.15) is 31.2 Å². The number of nitrogens with zero attached hydrogens (tertiary/aromatic N) is 1. The zero-order valence-corrected chi connectivity index (χ0v) is 22.2. The molecule has 3 unspecified atom stereocenters. The number of likely N-dealkylation sites (N-methyl/N-ethyl adjacent to an activating group) is 1. The molecule has 1 saturated carbocycles. The number of urea groups is 1. The predicted octanol–water partition coefficient (Wildman–Crippen LogP) is 6.63. The standard InChI is InChI=1S/C24H27Cl4N3O3/c1-31-9-8-24(13-4-5-17(33-2)18(10-13)34-3)7-6-14(11-19(24)31)29-23(32)30-22-20(27)15(25)12-16(26)21(22)28/h4-5,10,12,14,19H,6-9,11H2,1-3H3,(H2,29,30,32). The van der Waals surface area contributed by atoms with Gasteiger partial charge in [0, 0.05) is 17.5 Å². The van der Waals surface area contributed by atoms with Crippen molar-refractivity contribution in [2.75, 3.05) is 33.1 Å². The van der Waals surface area contributed by atoms with Crippen LogP contribution in [-0.2, 0) is 5.41 Å². The first-order valence-electron chi connectivity index (χ1n) is 11.0. The highest BCUT2D eigenvalue weighted by atomic mass is 35.5. The Morgan fingerprint density at radius 2 is 1.71 bits per heavy atom. The Labute approximate surface area is 219 Å². The van der Waals surface area contributed by atoms with E-state index in [0.29, 0.717) is 0 Å². The Morgan fingerprint density at radius 3 is 2.35 bits per heavy atom. The molecular weight excluding hydrogens is 520 g/mol. The molecule has 184 valence electrons. The quantitative estimate of drug-likeness (QED) is 0.413. The number of carbonyl (C=O) groups excluding carboxylic acids is 1. The van der Waals surface area contributed by atoms with E-state index in [9.17, 15) is 4.79 Å². The van der Waals surface area contributed by atoms with Crippen molar-refractivity contribution >= 4 is 58.1 Å². The third kappa shape index (κ3) is 4.63. The number of hydrogen-bond donors (Lipinski definition) is 2. The van der Waals surface area contributed by atoms with Crippen molar-refractivity contribution in [1.29, 1.82) is 0 Å². The molecule has 2 aliphatic rings. The number of ether oxygens (including phenoxy) is 2. The SMILES string of the molecule is COc1ccc(C23CCC(NC(=O)Nc4c(Cl)c(Cl)cc(Cl)c4Cl)CC2N(C)CC3)cc1OC. The van der Waals surface area contributed by atoms with Crippen LogP contribution in [0.5, 0.6) is 11.5 Å². The summed E-state index contributed by atoms with van der Waals surface area (Å²) in [6, 6.07) is 7.52. The highest BCUT2D eigenvalue weighted by Crippen LogP contribution is 2.50. The number of benzene rings is 2. The third-order valence-electron chi connectivity index (χ3n) is 7.17. The van der Waals surface area contributed by atoms with Crippen LogP contribution in [0.4, 0.5) is 10.5 Å². The number of hydrogen-bond acceptors (Lipinski definition) is 4. The van der Waals surface area contributed by atoms with Crippen molar-refractivity contribution in [3.63, 3.8) is 0 Å². The van der Waals surface area contributed by atoms with Crippen LogP contribution in [-0.4, -0.2) is 50.8 Å². The maximum absolute atomic E-state index is 12.8. The van der Waals surface area contributed by atoms with Crippen molar-refractivity contribution in [3.8, 4) is 11.5 Å². The lowest BCUT2D eigenvalue weighted by atomic mass is 9.65. The smallest absolute Gasteiger partial charge is 0.319 e. The first-order chi connectivity index (χ1) is 16.2. The summed E-state index contributed by atoms with van der Waals surface area (Å²) < 4.78 is 11.0. The molecule has 1 aliphatic heterocycles. The Bertz CT molecular complexity index is 1070. The van der Waals surface area contributed by atoms with E-state index in [0.717, 1.165) is 43.7 Å².